The molecule has 0 radical (unpaired) electrons. The van der Waals surface area contributed by atoms with Gasteiger partial charge in [-0.1, -0.05) is 6.92 Å². The van der Waals surface area contributed by atoms with Crippen molar-refractivity contribution in [1.29, 1.82) is 0 Å². The van der Waals surface area contributed by atoms with Crippen LogP contribution in [0.25, 0.3) is 0 Å². The predicted octanol–water partition coefficient (Wildman–Crippen LogP) is 1.98. The summed E-state index contributed by atoms with van der Waals surface area (Å²) in [5.41, 5.74) is 1.13. The van der Waals surface area contributed by atoms with E-state index in [0.29, 0.717) is 29.2 Å². The van der Waals surface area contributed by atoms with Gasteiger partial charge in [-0.05, 0) is 37.1 Å². The number of aromatic nitrogens is 1. The van der Waals surface area contributed by atoms with Gasteiger partial charge in [0.15, 0.2) is 11.6 Å². The van der Waals surface area contributed by atoms with Crippen molar-refractivity contribution >= 4 is 15.9 Å². The van der Waals surface area contributed by atoms with Gasteiger partial charge < -0.3 is 9.15 Å². The van der Waals surface area contributed by atoms with Gasteiger partial charge in [0.2, 0.25) is 0 Å². The number of sulfonamides is 1. The van der Waals surface area contributed by atoms with Crippen LogP contribution in [0.4, 0.5) is 0 Å². The number of oxazole rings is 1. The number of aryl methyl sites for hydroxylation is 1. The maximum absolute atomic E-state index is 12.4. The molecule has 8 heteroatoms. The molecule has 0 bridgehead atoms. The molecule has 0 saturated carbocycles. The Kier molecular flexibility index (Phi) is 4.74. The third-order valence-corrected chi connectivity index (χ3v) is 4.99. The summed E-state index contributed by atoms with van der Waals surface area (Å²) in [4.78, 5) is 16.0. The highest BCUT2D eigenvalue weighted by Crippen LogP contribution is 2.26. The number of rotatable bonds is 5. The van der Waals surface area contributed by atoms with Crippen LogP contribution in [0.5, 0.6) is 5.75 Å². The first-order chi connectivity index (χ1) is 10.8. The monoisotopic (exact) mass is 338 g/mol. The number of carbonyl (C=O) groups excluding carboxylic acids is 1. The number of hydrogen-bond acceptors (Lipinski definition) is 6. The minimum absolute atomic E-state index is 0.0170. The number of amides is 1. The van der Waals surface area contributed by atoms with Gasteiger partial charge in [-0.3, -0.25) is 4.79 Å². The van der Waals surface area contributed by atoms with E-state index < -0.39 is 15.9 Å². The van der Waals surface area contributed by atoms with Gasteiger partial charge in [0.1, 0.15) is 12.0 Å². The molecule has 23 heavy (non-hydrogen) atoms. The summed E-state index contributed by atoms with van der Waals surface area (Å²) in [5.74, 6) is 0.113. The van der Waals surface area contributed by atoms with Crippen LogP contribution in [0.1, 0.15) is 34.4 Å². The summed E-state index contributed by atoms with van der Waals surface area (Å²) in [6, 6.07) is 2.95. The van der Waals surface area contributed by atoms with Crippen LogP contribution in [0.3, 0.4) is 0 Å². The second-order valence-corrected chi connectivity index (χ2v) is 6.58. The maximum atomic E-state index is 12.4. The van der Waals surface area contributed by atoms with Crippen molar-refractivity contribution in [3.8, 4) is 5.75 Å². The zero-order chi connectivity index (χ0) is 17.2. The number of nitrogens with one attached hydrogen (secondary N) is 1. The normalized spacial score (nSPS) is 11.3. The van der Waals surface area contributed by atoms with Crippen molar-refractivity contribution < 1.29 is 22.4 Å². The Morgan fingerprint density at radius 2 is 2.00 bits per heavy atom. The molecule has 1 aromatic carbocycles. The summed E-state index contributed by atoms with van der Waals surface area (Å²) in [6.45, 7) is 5.22. The van der Waals surface area contributed by atoms with E-state index in [1.807, 2.05) is 11.6 Å². The third-order valence-electron chi connectivity index (χ3n) is 3.51. The summed E-state index contributed by atoms with van der Waals surface area (Å²) in [7, 11) is -2.51. The highest BCUT2D eigenvalue weighted by atomic mass is 32.2. The SMILES string of the molecule is CCc1nc(C(=O)NS(=O)(=O)c2ccc(OC)c(C)c2C)co1. The van der Waals surface area contributed by atoms with Crippen molar-refractivity contribution in [2.75, 3.05) is 7.11 Å². The quantitative estimate of drug-likeness (QED) is 0.895. The van der Waals surface area contributed by atoms with Crippen LogP contribution >= 0.6 is 0 Å². The lowest BCUT2D eigenvalue weighted by molar-refractivity contribution is 0.0976. The fraction of sp³-hybridized carbons (Fsp3) is 0.333. The Morgan fingerprint density at radius 3 is 2.57 bits per heavy atom. The van der Waals surface area contributed by atoms with E-state index in [0.717, 1.165) is 6.26 Å². The molecule has 0 aliphatic rings. The van der Waals surface area contributed by atoms with Gasteiger partial charge in [-0.15, -0.1) is 0 Å². The van der Waals surface area contributed by atoms with E-state index in [1.165, 1.54) is 13.2 Å². The lowest BCUT2D eigenvalue weighted by Crippen LogP contribution is -2.31. The van der Waals surface area contributed by atoms with Crippen molar-refractivity contribution in [3.05, 3.63) is 41.1 Å². The first kappa shape index (κ1) is 17.0. The molecular weight excluding hydrogens is 320 g/mol. The van der Waals surface area contributed by atoms with E-state index in [4.69, 9.17) is 9.15 Å². The molecule has 0 unspecified atom stereocenters. The Morgan fingerprint density at radius 1 is 1.30 bits per heavy atom. The molecule has 124 valence electrons. The maximum Gasteiger partial charge on any atom is 0.286 e. The highest BCUT2D eigenvalue weighted by molar-refractivity contribution is 7.90. The van der Waals surface area contributed by atoms with E-state index in [-0.39, 0.29) is 10.6 Å². The zero-order valence-electron chi connectivity index (χ0n) is 13.3. The number of nitrogens with zero attached hydrogens (tertiary/aromatic N) is 1. The Labute approximate surface area is 134 Å². The van der Waals surface area contributed by atoms with Crippen LogP contribution in [-0.2, 0) is 16.4 Å². The fourth-order valence-electron chi connectivity index (χ4n) is 2.09. The average molecular weight is 338 g/mol. The van der Waals surface area contributed by atoms with Crippen LogP contribution in [0.15, 0.2) is 27.7 Å². The summed E-state index contributed by atoms with van der Waals surface area (Å²) in [6.07, 6.45) is 1.65. The van der Waals surface area contributed by atoms with Gasteiger partial charge in [-0.25, -0.2) is 18.1 Å². The highest BCUT2D eigenvalue weighted by Gasteiger charge is 2.24. The molecule has 1 heterocycles. The number of hydrogen-bond donors (Lipinski definition) is 1. The van der Waals surface area contributed by atoms with Crippen LogP contribution in [0, 0.1) is 13.8 Å². The van der Waals surface area contributed by atoms with Crippen molar-refractivity contribution in [2.24, 2.45) is 0 Å². The molecule has 0 saturated heterocycles. The Hall–Kier alpha value is -2.35. The van der Waals surface area contributed by atoms with Gasteiger partial charge in [0.25, 0.3) is 15.9 Å². The Balaban J connectivity index is 2.32. The molecular formula is C15H18N2O5S. The van der Waals surface area contributed by atoms with E-state index >= 15 is 0 Å². The van der Waals surface area contributed by atoms with Crippen LogP contribution in [-0.4, -0.2) is 26.4 Å². The summed E-state index contributed by atoms with van der Waals surface area (Å²) < 4.78 is 37.1. The predicted molar refractivity (Wildman–Crippen MR) is 83.0 cm³/mol. The molecule has 1 N–H and O–H groups in total. The largest absolute Gasteiger partial charge is 0.496 e. The van der Waals surface area contributed by atoms with Crippen molar-refractivity contribution in [1.82, 2.24) is 9.71 Å². The zero-order valence-corrected chi connectivity index (χ0v) is 14.2. The summed E-state index contributed by atoms with van der Waals surface area (Å²) in [5, 5.41) is 0. The minimum Gasteiger partial charge on any atom is -0.496 e. The van der Waals surface area contributed by atoms with Crippen molar-refractivity contribution in [3.63, 3.8) is 0 Å². The third kappa shape index (κ3) is 3.37. The van der Waals surface area contributed by atoms with Gasteiger partial charge in [0, 0.05) is 6.42 Å². The molecule has 2 rings (SSSR count). The van der Waals surface area contributed by atoms with Gasteiger partial charge in [-0.2, -0.15) is 0 Å². The Bertz CT molecular complexity index is 840. The van der Waals surface area contributed by atoms with E-state index in [1.54, 1.807) is 19.9 Å². The molecule has 2 aromatic rings. The molecule has 1 aromatic heterocycles. The molecule has 0 aliphatic carbocycles. The molecule has 0 atom stereocenters. The number of benzene rings is 1. The van der Waals surface area contributed by atoms with E-state index in [2.05, 4.69) is 4.98 Å². The number of methoxy groups -OCH3 is 1. The topological polar surface area (TPSA) is 98.5 Å². The fourth-order valence-corrected chi connectivity index (χ4v) is 3.35. The van der Waals surface area contributed by atoms with Crippen LogP contribution < -0.4 is 9.46 Å². The molecule has 0 spiro atoms. The molecule has 7 nitrogen and oxygen atoms in total. The first-order valence-corrected chi connectivity index (χ1v) is 8.44. The molecule has 0 fully saturated rings. The van der Waals surface area contributed by atoms with Crippen molar-refractivity contribution in [2.45, 2.75) is 32.1 Å². The van der Waals surface area contributed by atoms with E-state index in [9.17, 15) is 13.2 Å². The van der Waals surface area contributed by atoms with Gasteiger partial charge >= 0.3 is 0 Å². The number of ether oxygens (including phenoxy) is 1. The number of carbonyl (C=O) groups is 1. The van der Waals surface area contributed by atoms with Gasteiger partial charge in [0.05, 0.1) is 12.0 Å². The smallest absolute Gasteiger partial charge is 0.286 e. The summed E-state index contributed by atoms with van der Waals surface area (Å²) >= 11 is 0. The molecule has 0 aliphatic heterocycles. The average Bonchev–Trinajstić information content (AvgIpc) is 2.98. The second kappa shape index (κ2) is 6.41. The molecule has 1 amide bonds. The lowest BCUT2D eigenvalue weighted by atomic mass is 10.1. The second-order valence-electron chi connectivity index (χ2n) is 4.93. The lowest BCUT2D eigenvalue weighted by Gasteiger charge is -2.13. The first-order valence-electron chi connectivity index (χ1n) is 6.96. The minimum atomic E-state index is -4.02. The van der Waals surface area contributed by atoms with Crippen LogP contribution in [0.2, 0.25) is 0 Å². The standard InChI is InChI=1S/C15H18N2O5S/c1-5-14-16-11(8-22-14)15(18)17-23(19,20)13-7-6-12(21-4)9(2)10(13)3/h6-8H,5H2,1-4H3,(H,17,18).